The molecule has 6 N–H and O–H groups in total. The van der Waals surface area contributed by atoms with Crippen molar-refractivity contribution >= 4 is 70.2 Å². The van der Waals surface area contributed by atoms with E-state index in [9.17, 15) is 0 Å². The predicted octanol–water partition coefficient (Wildman–Crippen LogP) is 9.11. The van der Waals surface area contributed by atoms with Crippen LogP contribution >= 0.6 is 0 Å². The Hall–Kier alpha value is -7.62. The lowest BCUT2D eigenvalue weighted by Gasteiger charge is -2.33. The standard InChI is InChI=1S/C62H82N16O4/c1-10-63-40-78(17-8,18-9)62-73-59(66-36-25-39-77(15-6)16-7)72-61(74-62)68-48-33-31-42(50-52(48)56(82)46-29-22-20-27-44(46)54(50)80)41-30-32-47(51-49(41)53(79)43-26-19-21-28-45(43)55(51)81)67-60-70-57(64-34-23-37-75(11-2)12-3)69-58(71-60)65-35-24-38-76(13-4)14-5/h19-22,26-33,63H,10-18,23-25,34-40H2,1-9H3,(H4-,64,65,66,67,68,69,70,71,72,73,74,79,80,81,82)/p+1. The maximum absolute atomic E-state index is 15.3. The van der Waals surface area contributed by atoms with Gasteiger partial charge in [0.1, 0.15) is 6.67 Å². The molecule has 2 heterocycles. The van der Waals surface area contributed by atoms with E-state index in [-0.39, 0.29) is 62.1 Å². The summed E-state index contributed by atoms with van der Waals surface area (Å²) in [7, 11) is 0. The molecule has 2 aliphatic rings. The number of fused-ring (bicyclic) bond motifs is 4. The molecule has 8 rings (SSSR count). The van der Waals surface area contributed by atoms with E-state index in [0.29, 0.717) is 84.5 Å². The Morgan fingerprint density at radius 2 is 0.720 bits per heavy atom. The number of hydrogen-bond donors (Lipinski definition) is 6. The van der Waals surface area contributed by atoms with Gasteiger partial charge in [-0.15, -0.1) is 9.97 Å². The van der Waals surface area contributed by atoms with Crippen LogP contribution in [0.25, 0.3) is 11.1 Å². The third kappa shape index (κ3) is 13.3. The second-order valence-electron chi connectivity index (χ2n) is 20.5. The van der Waals surface area contributed by atoms with E-state index in [2.05, 4.69) is 109 Å². The number of anilines is 7. The highest BCUT2D eigenvalue weighted by atomic mass is 16.1. The molecule has 0 bridgehead atoms. The predicted molar refractivity (Wildman–Crippen MR) is 329 cm³/mol. The molecule has 0 saturated carbocycles. The van der Waals surface area contributed by atoms with Gasteiger partial charge in [0, 0.05) is 53.0 Å². The van der Waals surface area contributed by atoms with Crippen molar-refractivity contribution in [1.82, 2.24) is 54.4 Å². The van der Waals surface area contributed by atoms with Crippen LogP contribution in [-0.2, 0) is 0 Å². The molecule has 2 aliphatic carbocycles. The SMILES string of the molecule is CCNC[N+](CC)(CC)c1nc(NCCCN(CC)CC)nc(Nc2ccc(-c3ccc(Nc4nc(NCCCN(CC)CC)nc(NCCCN(CC)CC)n4)c4c3C(=O)c3ccccc3C4=O)c3c2C(=O)c2ccccc2C3=O)n1. The zero-order valence-corrected chi connectivity index (χ0v) is 49.5. The van der Waals surface area contributed by atoms with Gasteiger partial charge in [0.15, 0.2) is 23.1 Å². The van der Waals surface area contributed by atoms with Crippen molar-refractivity contribution in [2.45, 2.75) is 81.6 Å². The van der Waals surface area contributed by atoms with E-state index < -0.39 is 23.1 Å². The van der Waals surface area contributed by atoms with Crippen molar-refractivity contribution in [3.8, 4) is 11.1 Å². The van der Waals surface area contributed by atoms with Crippen molar-refractivity contribution in [1.29, 1.82) is 0 Å². The number of nitrogens with one attached hydrogen (secondary N) is 6. The molecule has 0 atom stereocenters. The number of carbonyl (C=O) groups excluding carboxylic acids is 4. The zero-order chi connectivity index (χ0) is 58.3. The van der Waals surface area contributed by atoms with E-state index in [1.54, 1.807) is 72.8 Å². The summed E-state index contributed by atoms with van der Waals surface area (Å²) in [5.41, 5.74) is 2.39. The maximum Gasteiger partial charge on any atom is 0.336 e. The highest BCUT2D eigenvalue weighted by Crippen LogP contribution is 2.44. The second kappa shape index (κ2) is 28.4. The maximum atomic E-state index is 15.3. The molecule has 6 aromatic rings. The summed E-state index contributed by atoms with van der Waals surface area (Å²) in [6, 6.07) is 20.3. The smallest absolute Gasteiger partial charge is 0.336 e. The minimum Gasteiger partial charge on any atom is -0.354 e. The number of aromatic nitrogens is 6. The minimum atomic E-state index is -0.419. The first kappa shape index (κ1) is 60.5. The fourth-order valence-corrected chi connectivity index (χ4v) is 10.9. The first-order chi connectivity index (χ1) is 39.9. The van der Waals surface area contributed by atoms with Crippen molar-refractivity contribution < 1.29 is 19.2 Å². The van der Waals surface area contributed by atoms with Crippen LogP contribution < -0.4 is 36.4 Å². The normalized spacial score (nSPS) is 12.9. The van der Waals surface area contributed by atoms with E-state index in [1.807, 2.05) is 0 Å². The van der Waals surface area contributed by atoms with Gasteiger partial charge in [0.2, 0.25) is 29.7 Å². The Morgan fingerprint density at radius 1 is 0.390 bits per heavy atom. The summed E-state index contributed by atoms with van der Waals surface area (Å²) >= 11 is 0. The average molecular weight is 1120 g/mol. The van der Waals surface area contributed by atoms with Gasteiger partial charge in [-0.2, -0.15) is 19.9 Å². The van der Waals surface area contributed by atoms with Crippen LogP contribution in [0.3, 0.4) is 0 Å². The van der Waals surface area contributed by atoms with Crippen LogP contribution in [0.2, 0.25) is 0 Å². The molecular formula is C62H83N16O4+. The number of quaternary nitrogens is 1. The lowest BCUT2D eigenvalue weighted by Crippen LogP contribution is -2.55. The molecule has 2 aromatic heterocycles. The van der Waals surface area contributed by atoms with Crippen molar-refractivity contribution in [2.75, 3.05) is 131 Å². The number of hydrogen-bond acceptors (Lipinski definition) is 19. The molecule has 0 unspecified atom stereocenters. The average Bonchev–Trinajstić information content (AvgIpc) is 2.81. The lowest BCUT2D eigenvalue weighted by molar-refractivity contribution is 0.0978. The van der Waals surface area contributed by atoms with Crippen LogP contribution in [0.4, 0.5) is 47.1 Å². The highest BCUT2D eigenvalue weighted by Gasteiger charge is 2.39. The van der Waals surface area contributed by atoms with Crippen LogP contribution in [-0.4, -0.2) is 173 Å². The van der Waals surface area contributed by atoms with Gasteiger partial charge in [-0.1, -0.05) is 109 Å². The molecule has 0 fully saturated rings. The van der Waals surface area contributed by atoms with Crippen LogP contribution in [0.1, 0.15) is 145 Å². The number of ketones is 4. The van der Waals surface area contributed by atoms with Gasteiger partial charge < -0.3 is 41.3 Å². The van der Waals surface area contributed by atoms with Crippen molar-refractivity contribution in [3.05, 3.63) is 117 Å². The Kier molecular flexibility index (Phi) is 20.9. The lowest BCUT2D eigenvalue weighted by atomic mass is 9.75. The first-order valence-corrected chi connectivity index (χ1v) is 29.6. The highest BCUT2D eigenvalue weighted by molar-refractivity contribution is 6.35. The van der Waals surface area contributed by atoms with Crippen LogP contribution in [0, 0.1) is 0 Å². The third-order valence-electron chi connectivity index (χ3n) is 16.0. The summed E-state index contributed by atoms with van der Waals surface area (Å²) in [5.74, 6) is 0.305. The van der Waals surface area contributed by atoms with Crippen LogP contribution in [0.15, 0.2) is 72.8 Å². The minimum absolute atomic E-state index is 0.0713. The van der Waals surface area contributed by atoms with Gasteiger partial charge in [-0.3, -0.25) is 24.5 Å². The molecule has 0 spiro atoms. The Balaban J connectivity index is 1.24. The fourth-order valence-electron chi connectivity index (χ4n) is 10.9. The van der Waals surface area contributed by atoms with E-state index in [1.165, 1.54) is 0 Å². The number of rotatable bonds is 32. The molecule has 82 heavy (non-hydrogen) atoms. The Bertz CT molecular complexity index is 3190. The molecule has 0 aliphatic heterocycles. The molecule has 434 valence electrons. The van der Waals surface area contributed by atoms with E-state index in [4.69, 9.17) is 29.9 Å². The van der Waals surface area contributed by atoms with Gasteiger partial charge in [0.05, 0.1) is 35.6 Å². The quantitative estimate of drug-likeness (QED) is 0.0131. The Morgan fingerprint density at radius 3 is 1.07 bits per heavy atom. The molecule has 20 heteroatoms. The van der Waals surface area contributed by atoms with Crippen LogP contribution in [0.5, 0.6) is 0 Å². The number of nitrogens with zero attached hydrogens (tertiary/aromatic N) is 10. The molecule has 0 amide bonds. The summed E-state index contributed by atoms with van der Waals surface area (Å²) in [6.45, 7) is 32.2. The van der Waals surface area contributed by atoms with E-state index >= 15 is 19.2 Å². The molecule has 20 nitrogen and oxygen atoms in total. The molecule has 0 saturated heterocycles. The van der Waals surface area contributed by atoms with Gasteiger partial charge in [-0.05, 0) is 122 Å². The second-order valence-corrected chi connectivity index (χ2v) is 20.5. The zero-order valence-electron chi connectivity index (χ0n) is 49.5. The molecule has 4 aromatic carbocycles. The number of carbonyl (C=O) groups is 4. The topological polar surface area (TPSA) is 228 Å². The van der Waals surface area contributed by atoms with Gasteiger partial charge >= 0.3 is 5.95 Å². The fraction of sp³-hybridized carbons (Fsp3) is 0.452. The first-order valence-electron chi connectivity index (χ1n) is 29.6. The molecular weight excluding hydrogens is 1030 g/mol. The monoisotopic (exact) mass is 1120 g/mol. The molecule has 0 radical (unpaired) electrons. The third-order valence-corrected chi connectivity index (χ3v) is 16.0. The summed E-state index contributed by atoms with van der Waals surface area (Å²) in [5, 5.41) is 20.4. The number of benzene rings is 4. The summed E-state index contributed by atoms with van der Waals surface area (Å²) < 4.78 is 0.407. The van der Waals surface area contributed by atoms with Crippen molar-refractivity contribution in [3.63, 3.8) is 0 Å². The largest absolute Gasteiger partial charge is 0.354 e. The van der Waals surface area contributed by atoms with Gasteiger partial charge in [0.25, 0.3) is 0 Å². The van der Waals surface area contributed by atoms with Gasteiger partial charge in [-0.25, -0.2) is 4.48 Å². The Labute approximate surface area is 483 Å². The summed E-state index contributed by atoms with van der Waals surface area (Å²) in [6.07, 6.45) is 2.58. The van der Waals surface area contributed by atoms with Crippen molar-refractivity contribution in [2.24, 2.45) is 0 Å². The summed E-state index contributed by atoms with van der Waals surface area (Å²) in [4.78, 5) is 97.1. The van der Waals surface area contributed by atoms with E-state index in [0.717, 1.165) is 84.7 Å².